The Morgan fingerprint density at radius 2 is 1.23 bits per heavy atom. The van der Waals surface area contributed by atoms with E-state index in [0.717, 1.165) is 21.6 Å². The summed E-state index contributed by atoms with van der Waals surface area (Å²) in [6.45, 7) is 0. The molecule has 0 radical (unpaired) electrons. The molecule has 4 aromatic carbocycles. The SMILES string of the molecule is Oc1ccc2c(O)cccc2c1-c1ccc(P(O)c2ccccc2)cc1. The van der Waals surface area contributed by atoms with Gasteiger partial charge in [0.05, 0.1) is 8.15 Å². The Morgan fingerprint density at radius 3 is 1.96 bits per heavy atom. The van der Waals surface area contributed by atoms with Crippen LogP contribution in [0.15, 0.2) is 84.9 Å². The second-order valence-electron chi connectivity index (χ2n) is 6.03. The number of hydrogen-bond donors (Lipinski definition) is 3. The van der Waals surface area contributed by atoms with Crippen molar-refractivity contribution >= 4 is 29.5 Å². The van der Waals surface area contributed by atoms with Crippen molar-refractivity contribution in [3.63, 3.8) is 0 Å². The molecule has 26 heavy (non-hydrogen) atoms. The highest BCUT2D eigenvalue weighted by molar-refractivity contribution is 7.67. The lowest BCUT2D eigenvalue weighted by atomic mass is 9.97. The van der Waals surface area contributed by atoms with Crippen molar-refractivity contribution in [2.45, 2.75) is 0 Å². The van der Waals surface area contributed by atoms with E-state index in [1.165, 1.54) is 0 Å². The molecule has 0 aliphatic carbocycles. The number of hydrogen-bond acceptors (Lipinski definition) is 3. The minimum atomic E-state index is -1.40. The third-order valence-electron chi connectivity index (χ3n) is 4.42. The first kappa shape index (κ1) is 16.6. The fourth-order valence-electron chi connectivity index (χ4n) is 3.12. The van der Waals surface area contributed by atoms with E-state index >= 15 is 0 Å². The smallest absolute Gasteiger partial charge is 0.124 e. The molecule has 0 spiro atoms. The van der Waals surface area contributed by atoms with E-state index in [0.29, 0.717) is 10.9 Å². The second-order valence-corrected chi connectivity index (χ2v) is 7.68. The second kappa shape index (κ2) is 6.80. The molecule has 0 aliphatic heterocycles. The summed E-state index contributed by atoms with van der Waals surface area (Å²) in [7, 11) is -1.40. The molecule has 0 amide bonds. The van der Waals surface area contributed by atoms with Crippen LogP contribution in [0.5, 0.6) is 11.5 Å². The Morgan fingerprint density at radius 1 is 0.538 bits per heavy atom. The number of aromatic hydroxyl groups is 2. The van der Waals surface area contributed by atoms with Crippen molar-refractivity contribution in [1.29, 1.82) is 0 Å². The molecule has 0 bridgehead atoms. The van der Waals surface area contributed by atoms with Gasteiger partial charge < -0.3 is 15.1 Å². The van der Waals surface area contributed by atoms with Crippen LogP contribution < -0.4 is 10.6 Å². The van der Waals surface area contributed by atoms with Crippen molar-refractivity contribution in [2.75, 3.05) is 0 Å². The highest BCUT2D eigenvalue weighted by atomic mass is 31.1. The van der Waals surface area contributed by atoms with E-state index in [-0.39, 0.29) is 11.5 Å². The van der Waals surface area contributed by atoms with Gasteiger partial charge in [-0.05, 0) is 29.1 Å². The molecule has 4 rings (SSSR count). The molecule has 0 aromatic heterocycles. The molecule has 4 heteroatoms. The van der Waals surface area contributed by atoms with Gasteiger partial charge in [-0.3, -0.25) is 0 Å². The number of phenolic OH excluding ortho intramolecular Hbond substituents is 2. The standard InChI is InChI=1S/C22H17O3P/c23-20-8-4-7-19-18(20)13-14-21(24)22(19)15-9-11-17(12-10-15)26(25)16-5-2-1-3-6-16/h1-14,23-25H. The maximum absolute atomic E-state index is 10.6. The van der Waals surface area contributed by atoms with Crippen LogP contribution in [0.2, 0.25) is 0 Å². The summed E-state index contributed by atoms with van der Waals surface area (Å²) >= 11 is 0. The van der Waals surface area contributed by atoms with Gasteiger partial charge in [0.2, 0.25) is 0 Å². The molecule has 4 aromatic rings. The normalized spacial score (nSPS) is 12.2. The van der Waals surface area contributed by atoms with Gasteiger partial charge in [-0.25, -0.2) is 0 Å². The predicted octanol–water partition coefficient (Wildman–Crippen LogP) is 4.26. The molecule has 0 saturated carbocycles. The zero-order valence-corrected chi connectivity index (χ0v) is 14.8. The van der Waals surface area contributed by atoms with E-state index in [4.69, 9.17) is 0 Å². The third kappa shape index (κ3) is 2.92. The van der Waals surface area contributed by atoms with Crippen LogP contribution in [0.1, 0.15) is 0 Å². The fraction of sp³-hybridized carbons (Fsp3) is 0. The van der Waals surface area contributed by atoms with Gasteiger partial charge in [-0.15, -0.1) is 0 Å². The van der Waals surface area contributed by atoms with Gasteiger partial charge in [0.25, 0.3) is 0 Å². The zero-order valence-electron chi connectivity index (χ0n) is 13.9. The Labute approximate surface area is 152 Å². The largest absolute Gasteiger partial charge is 0.507 e. The molecule has 128 valence electrons. The van der Waals surface area contributed by atoms with E-state index in [1.807, 2.05) is 60.7 Å². The molecule has 1 atom stereocenters. The Hall–Kier alpha value is -2.87. The summed E-state index contributed by atoms with van der Waals surface area (Å²) in [4.78, 5) is 10.6. The van der Waals surface area contributed by atoms with Gasteiger partial charge in [-0.1, -0.05) is 66.7 Å². The summed E-state index contributed by atoms with van der Waals surface area (Å²) in [5, 5.41) is 23.7. The number of fused-ring (bicyclic) bond motifs is 1. The molecule has 0 aliphatic rings. The van der Waals surface area contributed by atoms with Crippen LogP contribution in [-0.4, -0.2) is 15.1 Å². The number of phenols is 2. The maximum Gasteiger partial charge on any atom is 0.124 e. The molecule has 0 fully saturated rings. The Bertz CT molecular complexity index is 1060. The van der Waals surface area contributed by atoms with E-state index in [9.17, 15) is 15.1 Å². The average molecular weight is 360 g/mol. The van der Waals surface area contributed by atoms with Crippen LogP contribution in [0.25, 0.3) is 21.9 Å². The Balaban J connectivity index is 1.77. The van der Waals surface area contributed by atoms with Gasteiger partial charge in [0.1, 0.15) is 11.5 Å². The van der Waals surface area contributed by atoms with Gasteiger partial charge in [-0.2, -0.15) is 0 Å². The lowest BCUT2D eigenvalue weighted by molar-refractivity contribution is 0.476. The average Bonchev–Trinajstić information content (AvgIpc) is 2.68. The molecule has 0 heterocycles. The highest BCUT2D eigenvalue weighted by Gasteiger charge is 2.14. The molecular weight excluding hydrogens is 343 g/mol. The monoisotopic (exact) mass is 360 g/mol. The van der Waals surface area contributed by atoms with Crippen LogP contribution in [0, 0.1) is 0 Å². The first-order valence-electron chi connectivity index (χ1n) is 8.23. The summed E-state index contributed by atoms with van der Waals surface area (Å²) < 4.78 is 0. The van der Waals surface area contributed by atoms with Gasteiger partial charge in [0.15, 0.2) is 0 Å². The van der Waals surface area contributed by atoms with Crippen molar-refractivity contribution < 1.29 is 15.1 Å². The maximum atomic E-state index is 10.6. The van der Waals surface area contributed by atoms with Crippen molar-refractivity contribution in [3.8, 4) is 22.6 Å². The zero-order chi connectivity index (χ0) is 18.1. The predicted molar refractivity (Wildman–Crippen MR) is 108 cm³/mol. The van der Waals surface area contributed by atoms with Crippen LogP contribution >= 0.6 is 8.15 Å². The van der Waals surface area contributed by atoms with Crippen LogP contribution in [0.3, 0.4) is 0 Å². The number of rotatable bonds is 3. The van der Waals surface area contributed by atoms with Crippen molar-refractivity contribution in [2.24, 2.45) is 0 Å². The molecule has 3 N–H and O–H groups in total. The third-order valence-corrected chi connectivity index (χ3v) is 5.99. The summed E-state index contributed by atoms with van der Waals surface area (Å²) in [5.74, 6) is 0.341. The molecule has 1 unspecified atom stereocenters. The van der Waals surface area contributed by atoms with Gasteiger partial charge in [0, 0.05) is 21.6 Å². The molecular formula is C22H17O3P. The topological polar surface area (TPSA) is 60.7 Å². The minimum absolute atomic E-state index is 0.158. The summed E-state index contributed by atoms with van der Waals surface area (Å²) in [5.41, 5.74) is 1.51. The Kier molecular flexibility index (Phi) is 4.34. The van der Waals surface area contributed by atoms with E-state index in [1.54, 1.807) is 24.3 Å². The lowest BCUT2D eigenvalue weighted by Crippen LogP contribution is -2.10. The highest BCUT2D eigenvalue weighted by Crippen LogP contribution is 2.39. The summed E-state index contributed by atoms with van der Waals surface area (Å²) in [6.07, 6.45) is 0. The summed E-state index contributed by atoms with van der Waals surface area (Å²) in [6, 6.07) is 25.7. The molecule has 0 saturated heterocycles. The first-order chi connectivity index (χ1) is 12.6. The van der Waals surface area contributed by atoms with Crippen LogP contribution in [0.4, 0.5) is 0 Å². The first-order valence-corrected chi connectivity index (χ1v) is 9.53. The van der Waals surface area contributed by atoms with E-state index in [2.05, 4.69) is 0 Å². The van der Waals surface area contributed by atoms with Crippen LogP contribution in [-0.2, 0) is 0 Å². The molecule has 3 nitrogen and oxygen atoms in total. The lowest BCUT2D eigenvalue weighted by Gasteiger charge is -2.13. The number of benzene rings is 4. The van der Waals surface area contributed by atoms with Gasteiger partial charge >= 0.3 is 0 Å². The quantitative estimate of drug-likeness (QED) is 0.479. The van der Waals surface area contributed by atoms with E-state index < -0.39 is 8.15 Å². The fourth-order valence-corrected chi connectivity index (χ4v) is 4.30. The van der Waals surface area contributed by atoms with Crippen molar-refractivity contribution in [3.05, 3.63) is 84.9 Å². The van der Waals surface area contributed by atoms with Crippen molar-refractivity contribution in [1.82, 2.24) is 0 Å². The minimum Gasteiger partial charge on any atom is -0.507 e.